The van der Waals surface area contributed by atoms with Gasteiger partial charge in [-0.3, -0.25) is 4.79 Å². The molecule has 2 rings (SSSR count). The van der Waals surface area contributed by atoms with Crippen molar-refractivity contribution in [2.75, 3.05) is 0 Å². The third kappa shape index (κ3) is 5.55. The van der Waals surface area contributed by atoms with Crippen molar-refractivity contribution in [3.05, 3.63) is 42.0 Å². The van der Waals surface area contributed by atoms with Crippen molar-refractivity contribution in [3.8, 4) is 0 Å². The molecule has 0 heterocycles. The van der Waals surface area contributed by atoms with Crippen LogP contribution >= 0.6 is 0 Å². The molecule has 0 aromatic heterocycles. The minimum absolute atomic E-state index is 0.192. The van der Waals surface area contributed by atoms with E-state index >= 15 is 0 Å². The summed E-state index contributed by atoms with van der Waals surface area (Å²) in [6.45, 7) is 3.76. The lowest BCUT2D eigenvalue weighted by atomic mass is 9.86. The quantitative estimate of drug-likeness (QED) is 0.670. The number of carbonyl (C=O) groups excluding carboxylic acids is 2. The zero-order chi connectivity index (χ0) is 16.7. The van der Waals surface area contributed by atoms with Gasteiger partial charge in [0, 0.05) is 12.1 Å². The Morgan fingerprint density at radius 2 is 1.91 bits per heavy atom. The molecule has 3 unspecified atom stereocenters. The van der Waals surface area contributed by atoms with Gasteiger partial charge in [0.2, 0.25) is 0 Å². The Bertz CT molecular complexity index is 553. The first-order chi connectivity index (χ1) is 11.1. The number of hydrogen-bond acceptors (Lipinski definition) is 3. The van der Waals surface area contributed by atoms with Crippen LogP contribution in [0.4, 0.5) is 0 Å². The summed E-state index contributed by atoms with van der Waals surface area (Å²) in [6, 6.07) is 9.68. The van der Waals surface area contributed by atoms with E-state index in [1.807, 2.05) is 30.3 Å². The monoisotopic (exact) mass is 315 g/mol. The molecule has 1 amide bonds. The highest BCUT2D eigenvalue weighted by Gasteiger charge is 2.25. The van der Waals surface area contributed by atoms with Gasteiger partial charge in [-0.15, -0.1) is 0 Å². The van der Waals surface area contributed by atoms with Gasteiger partial charge in [0.15, 0.2) is 6.10 Å². The second kappa shape index (κ2) is 8.51. The van der Waals surface area contributed by atoms with Gasteiger partial charge in [-0.25, -0.2) is 4.79 Å². The number of benzene rings is 1. The molecular formula is C19H25NO3. The molecule has 0 bridgehead atoms. The molecule has 23 heavy (non-hydrogen) atoms. The number of amides is 1. The third-order valence-electron chi connectivity index (χ3n) is 4.31. The Hall–Kier alpha value is -2.10. The normalized spacial score (nSPS) is 22.5. The molecule has 124 valence electrons. The van der Waals surface area contributed by atoms with Crippen molar-refractivity contribution in [2.45, 2.75) is 51.7 Å². The fraction of sp³-hybridized carbons (Fsp3) is 0.474. The summed E-state index contributed by atoms with van der Waals surface area (Å²) in [5.74, 6) is -0.244. The average molecular weight is 315 g/mol. The third-order valence-corrected chi connectivity index (χ3v) is 4.31. The van der Waals surface area contributed by atoms with Gasteiger partial charge in [0.05, 0.1) is 0 Å². The van der Waals surface area contributed by atoms with E-state index in [-0.39, 0.29) is 11.9 Å². The molecule has 0 spiro atoms. The van der Waals surface area contributed by atoms with Gasteiger partial charge in [-0.05, 0) is 37.3 Å². The molecule has 0 aliphatic heterocycles. The molecule has 1 aromatic carbocycles. The Kier molecular flexibility index (Phi) is 6.39. The fourth-order valence-corrected chi connectivity index (χ4v) is 2.83. The summed E-state index contributed by atoms with van der Waals surface area (Å²) in [4.78, 5) is 24.0. The van der Waals surface area contributed by atoms with Gasteiger partial charge < -0.3 is 10.1 Å². The maximum Gasteiger partial charge on any atom is 0.331 e. The van der Waals surface area contributed by atoms with Crippen molar-refractivity contribution in [3.63, 3.8) is 0 Å². The van der Waals surface area contributed by atoms with Gasteiger partial charge in [0.25, 0.3) is 5.91 Å². The fourth-order valence-electron chi connectivity index (χ4n) is 2.83. The maximum atomic E-state index is 12.2. The molecule has 1 aliphatic carbocycles. The first kappa shape index (κ1) is 17.3. The van der Waals surface area contributed by atoms with Gasteiger partial charge in [-0.2, -0.15) is 0 Å². The highest BCUT2D eigenvalue weighted by molar-refractivity contribution is 5.90. The number of carbonyl (C=O) groups is 2. The van der Waals surface area contributed by atoms with Crippen LogP contribution in [0, 0.1) is 5.92 Å². The molecular weight excluding hydrogens is 290 g/mol. The summed E-state index contributed by atoms with van der Waals surface area (Å²) in [5.41, 5.74) is 0.914. The van der Waals surface area contributed by atoms with E-state index in [1.165, 1.54) is 12.5 Å². The van der Waals surface area contributed by atoms with E-state index < -0.39 is 12.1 Å². The number of ether oxygens (including phenoxy) is 1. The number of hydrogen-bond donors (Lipinski definition) is 1. The summed E-state index contributed by atoms with van der Waals surface area (Å²) in [6.07, 6.45) is 6.75. The Labute approximate surface area is 137 Å². The van der Waals surface area contributed by atoms with E-state index in [2.05, 4.69) is 12.2 Å². The van der Waals surface area contributed by atoms with Crippen molar-refractivity contribution in [1.29, 1.82) is 0 Å². The lowest BCUT2D eigenvalue weighted by Gasteiger charge is -2.30. The van der Waals surface area contributed by atoms with Crippen LogP contribution in [0.25, 0.3) is 6.08 Å². The van der Waals surface area contributed by atoms with Crippen molar-refractivity contribution in [1.82, 2.24) is 5.32 Å². The summed E-state index contributed by atoms with van der Waals surface area (Å²) in [5, 5.41) is 3.01. The van der Waals surface area contributed by atoms with E-state index in [4.69, 9.17) is 4.74 Å². The minimum atomic E-state index is -0.781. The van der Waals surface area contributed by atoms with E-state index in [0.717, 1.165) is 24.8 Å². The Balaban J connectivity index is 1.80. The molecule has 4 heteroatoms. The second-order valence-electron chi connectivity index (χ2n) is 6.20. The molecule has 0 radical (unpaired) electrons. The minimum Gasteiger partial charge on any atom is -0.449 e. The highest BCUT2D eigenvalue weighted by Crippen LogP contribution is 2.23. The summed E-state index contributed by atoms with van der Waals surface area (Å²) in [7, 11) is 0. The molecule has 1 saturated carbocycles. The van der Waals surface area contributed by atoms with Gasteiger partial charge >= 0.3 is 5.97 Å². The topological polar surface area (TPSA) is 55.4 Å². The zero-order valence-electron chi connectivity index (χ0n) is 13.8. The predicted octanol–water partition coefficient (Wildman–Crippen LogP) is 3.33. The Morgan fingerprint density at radius 3 is 2.61 bits per heavy atom. The largest absolute Gasteiger partial charge is 0.449 e. The Morgan fingerprint density at radius 1 is 1.22 bits per heavy atom. The van der Waals surface area contributed by atoms with Crippen molar-refractivity contribution in [2.24, 2.45) is 5.92 Å². The predicted molar refractivity (Wildman–Crippen MR) is 90.6 cm³/mol. The number of esters is 1. The van der Waals surface area contributed by atoms with Crippen LogP contribution in [0.1, 0.15) is 45.1 Å². The first-order valence-electron chi connectivity index (χ1n) is 8.30. The lowest BCUT2D eigenvalue weighted by Crippen LogP contribution is -2.45. The molecule has 1 aromatic rings. The van der Waals surface area contributed by atoms with Crippen LogP contribution in [0.15, 0.2) is 36.4 Å². The van der Waals surface area contributed by atoms with Crippen LogP contribution in [0.2, 0.25) is 0 Å². The first-order valence-corrected chi connectivity index (χ1v) is 8.30. The summed E-state index contributed by atoms with van der Waals surface area (Å²) < 4.78 is 5.17. The average Bonchev–Trinajstić information content (AvgIpc) is 2.56. The molecule has 4 nitrogen and oxygen atoms in total. The number of rotatable bonds is 5. The summed E-state index contributed by atoms with van der Waals surface area (Å²) >= 11 is 0. The van der Waals surface area contributed by atoms with Crippen LogP contribution in [-0.2, 0) is 14.3 Å². The van der Waals surface area contributed by atoms with Crippen molar-refractivity contribution < 1.29 is 14.3 Å². The van der Waals surface area contributed by atoms with Crippen LogP contribution in [0.5, 0.6) is 0 Å². The molecule has 1 N–H and O–H groups in total. The zero-order valence-corrected chi connectivity index (χ0v) is 13.8. The van der Waals surface area contributed by atoms with E-state index in [0.29, 0.717) is 5.92 Å². The van der Waals surface area contributed by atoms with E-state index in [9.17, 15) is 9.59 Å². The van der Waals surface area contributed by atoms with E-state index in [1.54, 1.807) is 13.0 Å². The molecule has 1 aliphatic rings. The van der Waals surface area contributed by atoms with Crippen LogP contribution in [0.3, 0.4) is 0 Å². The molecule has 1 fully saturated rings. The lowest BCUT2D eigenvalue weighted by molar-refractivity contribution is -0.150. The van der Waals surface area contributed by atoms with Crippen molar-refractivity contribution >= 4 is 18.0 Å². The highest BCUT2D eigenvalue weighted by atomic mass is 16.5. The standard InChI is InChI=1S/C19H25NO3/c1-14-8-6-7-11-17(14)20-19(22)15(2)23-18(21)13-12-16-9-4-3-5-10-16/h3-5,9-10,12-15,17H,6-8,11H2,1-2H3,(H,20,22)/b13-12+. The van der Waals surface area contributed by atoms with Crippen LogP contribution in [-0.4, -0.2) is 24.0 Å². The number of nitrogens with one attached hydrogen (secondary N) is 1. The second-order valence-corrected chi connectivity index (χ2v) is 6.20. The van der Waals surface area contributed by atoms with Gasteiger partial charge in [-0.1, -0.05) is 50.1 Å². The molecule has 3 atom stereocenters. The van der Waals surface area contributed by atoms with Crippen LogP contribution < -0.4 is 5.32 Å². The molecule has 0 saturated heterocycles. The smallest absolute Gasteiger partial charge is 0.331 e. The van der Waals surface area contributed by atoms with Gasteiger partial charge in [0.1, 0.15) is 0 Å². The maximum absolute atomic E-state index is 12.2. The SMILES string of the molecule is CC(OC(=O)/C=C/c1ccccc1)C(=O)NC1CCCCC1C.